The van der Waals surface area contributed by atoms with Crippen molar-refractivity contribution in [1.82, 2.24) is 4.57 Å². The number of sulfone groups is 1. The molecule has 0 saturated heterocycles. The number of ketones is 1. The molecule has 32 heavy (non-hydrogen) atoms. The Kier molecular flexibility index (Phi) is 5.70. The third-order valence-electron chi connectivity index (χ3n) is 8.25. The van der Waals surface area contributed by atoms with Crippen molar-refractivity contribution < 1.29 is 13.2 Å². The maximum Gasteiger partial charge on any atom is 0.165 e. The first-order valence-electron chi connectivity index (χ1n) is 11.7. The van der Waals surface area contributed by atoms with Gasteiger partial charge in [-0.3, -0.25) is 4.79 Å². The lowest BCUT2D eigenvalue weighted by molar-refractivity contribution is -0.0524. The number of halogens is 2. The second-order valence-electron chi connectivity index (χ2n) is 10.9. The van der Waals surface area contributed by atoms with Gasteiger partial charge < -0.3 is 4.57 Å². The van der Waals surface area contributed by atoms with Gasteiger partial charge in [0.2, 0.25) is 0 Å². The summed E-state index contributed by atoms with van der Waals surface area (Å²) in [6.45, 7) is 2.44. The number of benzene rings is 1. The third kappa shape index (κ3) is 4.03. The molecule has 0 N–H and O–H groups in total. The van der Waals surface area contributed by atoms with Crippen LogP contribution < -0.4 is 0 Å². The predicted octanol–water partition coefficient (Wildman–Crippen LogP) is 6.48. The van der Waals surface area contributed by atoms with E-state index in [0.717, 1.165) is 39.9 Å². The summed E-state index contributed by atoms with van der Waals surface area (Å²) in [5, 5.41) is 1.72. The van der Waals surface area contributed by atoms with Crippen LogP contribution in [0.3, 0.4) is 0 Å². The summed E-state index contributed by atoms with van der Waals surface area (Å²) in [7, 11) is -3.06. The van der Waals surface area contributed by atoms with Crippen molar-refractivity contribution in [3.05, 3.63) is 33.4 Å². The van der Waals surface area contributed by atoms with Gasteiger partial charge >= 0.3 is 0 Å². The summed E-state index contributed by atoms with van der Waals surface area (Å²) < 4.78 is 25.3. The fourth-order valence-electron chi connectivity index (χ4n) is 7.55. The quantitative estimate of drug-likeness (QED) is 0.412. The van der Waals surface area contributed by atoms with E-state index in [-0.39, 0.29) is 17.0 Å². The standard InChI is InChI=1S/C25H31Cl2NO3S/c1-15-22(21(29)14-25-11-16-8-17(12-25)10-18(9-16)13-25)19-4-5-20(26)23(27)24(19)28(15)6-3-7-32(2,30)31/h4-5,16-18H,3,6-14H2,1-2H3. The van der Waals surface area contributed by atoms with Crippen LogP contribution in [0.2, 0.25) is 10.0 Å². The summed E-state index contributed by atoms with van der Waals surface area (Å²) in [5.74, 6) is 2.72. The molecule has 1 heterocycles. The molecule has 4 saturated carbocycles. The average Bonchev–Trinajstić information content (AvgIpc) is 2.95. The lowest BCUT2D eigenvalue weighted by atomic mass is 9.48. The minimum absolute atomic E-state index is 0.0981. The predicted molar refractivity (Wildman–Crippen MR) is 131 cm³/mol. The summed E-state index contributed by atoms with van der Waals surface area (Å²) in [4.78, 5) is 13.8. The molecule has 4 aliphatic carbocycles. The molecule has 0 aliphatic heterocycles. The maximum absolute atomic E-state index is 13.8. The van der Waals surface area contributed by atoms with Gasteiger partial charge in [-0.2, -0.15) is 0 Å². The molecule has 0 radical (unpaired) electrons. The number of Topliss-reactive ketones (excluding diaryl/α,β-unsaturated/α-hetero) is 1. The van der Waals surface area contributed by atoms with E-state index >= 15 is 0 Å². The van der Waals surface area contributed by atoms with Crippen LogP contribution in [0.25, 0.3) is 10.9 Å². The van der Waals surface area contributed by atoms with Crippen molar-refractivity contribution in [1.29, 1.82) is 0 Å². The minimum Gasteiger partial charge on any atom is -0.343 e. The number of carbonyl (C=O) groups is 1. The monoisotopic (exact) mass is 495 g/mol. The summed E-state index contributed by atoms with van der Waals surface area (Å²) in [5.41, 5.74) is 2.53. The highest BCUT2D eigenvalue weighted by Crippen LogP contribution is 2.61. The Morgan fingerprint density at radius 3 is 2.25 bits per heavy atom. The summed E-state index contributed by atoms with van der Waals surface area (Å²) in [6, 6.07) is 3.66. The lowest BCUT2D eigenvalue weighted by Gasteiger charge is -2.56. The van der Waals surface area contributed by atoms with Crippen molar-refractivity contribution in [2.24, 2.45) is 23.2 Å². The molecule has 2 aromatic rings. The molecule has 4 aliphatic rings. The van der Waals surface area contributed by atoms with Crippen LogP contribution in [0.1, 0.15) is 67.4 Å². The highest BCUT2D eigenvalue weighted by molar-refractivity contribution is 7.90. The van der Waals surface area contributed by atoms with E-state index in [0.29, 0.717) is 29.4 Å². The SMILES string of the molecule is Cc1c(C(=O)CC23CC4CC(CC(C4)C2)C3)c2ccc(Cl)c(Cl)c2n1CCCS(C)(=O)=O. The van der Waals surface area contributed by atoms with Crippen LogP contribution in [0.5, 0.6) is 0 Å². The first-order valence-corrected chi connectivity index (χ1v) is 14.5. The van der Waals surface area contributed by atoms with Gasteiger partial charge in [0.15, 0.2) is 5.78 Å². The average molecular weight is 497 g/mol. The van der Waals surface area contributed by atoms with Gasteiger partial charge in [0.1, 0.15) is 9.84 Å². The molecule has 0 atom stereocenters. The van der Waals surface area contributed by atoms with Gasteiger partial charge in [-0.1, -0.05) is 29.3 Å². The summed E-state index contributed by atoms with van der Waals surface area (Å²) in [6.07, 6.45) is 10.0. The number of aryl methyl sites for hydroxylation is 1. The fourth-order valence-corrected chi connectivity index (χ4v) is 8.63. The number of hydrogen-bond acceptors (Lipinski definition) is 3. The molecule has 174 valence electrons. The largest absolute Gasteiger partial charge is 0.343 e. The van der Waals surface area contributed by atoms with E-state index in [2.05, 4.69) is 0 Å². The Bertz CT molecular complexity index is 1160. The van der Waals surface area contributed by atoms with E-state index < -0.39 is 9.84 Å². The molecule has 1 aromatic carbocycles. The molecule has 4 fully saturated rings. The van der Waals surface area contributed by atoms with Gasteiger partial charge in [-0.15, -0.1) is 0 Å². The highest BCUT2D eigenvalue weighted by atomic mass is 35.5. The van der Waals surface area contributed by atoms with Gasteiger partial charge in [0.05, 0.1) is 21.3 Å². The van der Waals surface area contributed by atoms with Crippen LogP contribution in [-0.4, -0.2) is 30.8 Å². The van der Waals surface area contributed by atoms with E-state index in [1.807, 2.05) is 17.6 Å². The first kappa shape index (κ1) is 22.7. The Labute approximate surface area is 200 Å². The zero-order valence-electron chi connectivity index (χ0n) is 18.8. The molecule has 7 heteroatoms. The zero-order chi connectivity index (χ0) is 22.8. The van der Waals surface area contributed by atoms with Crippen LogP contribution >= 0.6 is 23.2 Å². The van der Waals surface area contributed by atoms with Gasteiger partial charge in [-0.05, 0) is 81.1 Å². The molecule has 0 amide bonds. The fraction of sp³-hybridized carbons (Fsp3) is 0.640. The molecular weight excluding hydrogens is 465 g/mol. The minimum atomic E-state index is -3.06. The van der Waals surface area contributed by atoms with E-state index in [9.17, 15) is 13.2 Å². The van der Waals surface area contributed by atoms with Crippen molar-refractivity contribution in [2.45, 2.75) is 64.8 Å². The van der Waals surface area contributed by atoms with Crippen LogP contribution in [-0.2, 0) is 16.4 Å². The van der Waals surface area contributed by atoms with E-state index in [4.69, 9.17) is 23.2 Å². The number of nitrogens with zero attached hydrogens (tertiary/aromatic N) is 1. The van der Waals surface area contributed by atoms with Crippen molar-refractivity contribution in [2.75, 3.05) is 12.0 Å². The Hall–Kier alpha value is -1.04. The Morgan fingerprint density at radius 2 is 1.69 bits per heavy atom. The van der Waals surface area contributed by atoms with Crippen molar-refractivity contribution >= 4 is 49.7 Å². The second-order valence-corrected chi connectivity index (χ2v) is 13.9. The van der Waals surface area contributed by atoms with Crippen molar-refractivity contribution in [3.63, 3.8) is 0 Å². The molecule has 0 spiro atoms. The van der Waals surface area contributed by atoms with Gasteiger partial charge in [-0.25, -0.2) is 8.42 Å². The number of carbonyl (C=O) groups excluding carboxylic acids is 1. The molecule has 1 aromatic heterocycles. The van der Waals surface area contributed by atoms with Crippen LogP contribution in [0.4, 0.5) is 0 Å². The molecule has 4 nitrogen and oxygen atoms in total. The number of fused-ring (bicyclic) bond motifs is 1. The Balaban J connectivity index is 1.50. The second kappa shape index (κ2) is 8.02. The van der Waals surface area contributed by atoms with Crippen molar-refractivity contribution in [3.8, 4) is 0 Å². The number of aromatic nitrogens is 1. The molecule has 4 bridgehead atoms. The Morgan fingerprint density at radius 1 is 1.09 bits per heavy atom. The first-order chi connectivity index (χ1) is 15.1. The lowest BCUT2D eigenvalue weighted by Crippen LogP contribution is -2.46. The van der Waals surface area contributed by atoms with E-state index in [1.54, 1.807) is 6.07 Å². The summed E-state index contributed by atoms with van der Waals surface area (Å²) >= 11 is 12.9. The molecular formula is C25H31Cl2NO3S. The number of rotatable bonds is 7. The van der Waals surface area contributed by atoms with Gasteiger partial charge in [0, 0.05) is 35.9 Å². The zero-order valence-corrected chi connectivity index (χ0v) is 21.1. The molecule has 0 unspecified atom stereocenters. The normalized spacial score (nSPS) is 29.2. The van der Waals surface area contributed by atoms with Gasteiger partial charge in [0.25, 0.3) is 0 Å². The smallest absolute Gasteiger partial charge is 0.165 e. The topological polar surface area (TPSA) is 56.1 Å². The number of hydrogen-bond donors (Lipinski definition) is 0. The molecule has 6 rings (SSSR count). The van der Waals surface area contributed by atoms with Crippen LogP contribution in [0, 0.1) is 30.1 Å². The van der Waals surface area contributed by atoms with Crippen LogP contribution in [0.15, 0.2) is 12.1 Å². The third-order valence-corrected chi connectivity index (χ3v) is 10.1. The maximum atomic E-state index is 13.8. The van der Waals surface area contributed by atoms with E-state index in [1.165, 1.54) is 44.8 Å². The highest BCUT2D eigenvalue weighted by Gasteiger charge is 2.51.